The molecule has 0 unspecified atom stereocenters. The maximum atomic E-state index is 11.5. The van der Waals surface area contributed by atoms with Crippen LogP contribution in [0.25, 0.3) is 11.3 Å². The second-order valence-corrected chi connectivity index (χ2v) is 6.10. The van der Waals surface area contributed by atoms with E-state index in [1.165, 1.54) is 6.33 Å². The zero-order valence-corrected chi connectivity index (χ0v) is 13.7. The first-order valence-corrected chi connectivity index (χ1v) is 8.32. The average molecular weight is 334 g/mol. The van der Waals surface area contributed by atoms with Gasteiger partial charge in [-0.3, -0.25) is 9.78 Å². The molecule has 25 heavy (non-hydrogen) atoms. The van der Waals surface area contributed by atoms with E-state index < -0.39 is 0 Å². The lowest BCUT2D eigenvalue weighted by Gasteiger charge is -2.32. The van der Waals surface area contributed by atoms with Crippen molar-refractivity contribution in [3.63, 3.8) is 0 Å². The summed E-state index contributed by atoms with van der Waals surface area (Å²) in [5.41, 5.74) is 2.54. The van der Waals surface area contributed by atoms with E-state index in [-0.39, 0.29) is 11.5 Å². The number of nitrogens with zero attached hydrogens (tertiary/aromatic N) is 5. The second-order valence-electron chi connectivity index (χ2n) is 6.10. The Labute approximate surface area is 144 Å². The Kier molecular flexibility index (Phi) is 4.20. The molecule has 1 saturated heterocycles. The Morgan fingerprint density at radius 3 is 3.00 bits per heavy atom. The van der Waals surface area contributed by atoms with Crippen LogP contribution >= 0.6 is 0 Å². The molecule has 0 amide bonds. The fraction of sp³-hybridized carbons (Fsp3) is 0.278. The van der Waals surface area contributed by atoms with Crippen LogP contribution in [0, 0.1) is 0 Å². The van der Waals surface area contributed by atoms with Crippen molar-refractivity contribution in [2.24, 2.45) is 0 Å². The van der Waals surface area contributed by atoms with Gasteiger partial charge in [0.15, 0.2) is 0 Å². The van der Waals surface area contributed by atoms with E-state index in [0.717, 1.165) is 42.9 Å². The van der Waals surface area contributed by atoms with Crippen LogP contribution in [0.15, 0.2) is 54.0 Å². The van der Waals surface area contributed by atoms with E-state index in [1.54, 1.807) is 24.7 Å². The molecule has 3 aromatic heterocycles. The first-order chi connectivity index (χ1) is 12.3. The lowest BCUT2D eigenvalue weighted by molar-refractivity contribution is 0.494. The zero-order chi connectivity index (χ0) is 17.1. The molecular weight excluding hydrogens is 316 g/mol. The maximum Gasteiger partial charge on any atom is 0.250 e. The normalized spacial score (nSPS) is 17.4. The van der Waals surface area contributed by atoms with Gasteiger partial charge < -0.3 is 9.88 Å². The Morgan fingerprint density at radius 1 is 1.20 bits per heavy atom. The third-order valence-electron chi connectivity index (χ3n) is 4.42. The van der Waals surface area contributed by atoms with Gasteiger partial charge in [-0.1, -0.05) is 0 Å². The summed E-state index contributed by atoms with van der Waals surface area (Å²) in [7, 11) is 0. The quantitative estimate of drug-likeness (QED) is 0.788. The number of piperidine rings is 1. The van der Waals surface area contributed by atoms with E-state index in [9.17, 15) is 4.79 Å². The van der Waals surface area contributed by atoms with Crippen molar-refractivity contribution in [3.8, 4) is 11.3 Å². The van der Waals surface area contributed by atoms with Crippen LogP contribution in [0.2, 0.25) is 0 Å². The summed E-state index contributed by atoms with van der Waals surface area (Å²) >= 11 is 0. The maximum absolute atomic E-state index is 11.5. The van der Waals surface area contributed by atoms with Crippen LogP contribution in [0.5, 0.6) is 0 Å². The summed E-state index contributed by atoms with van der Waals surface area (Å²) in [6.07, 6.45) is 8.81. The van der Waals surface area contributed by atoms with Gasteiger partial charge in [0.1, 0.15) is 0 Å². The topological polar surface area (TPSA) is 87.7 Å². The van der Waals surface area contributed by atoms with E-state index >= 15 is 0 Å². The van der Waals surface area contributed by atoms with Gasteiger partial charge >= 0.3 is 0 Å². The van der Waals surface area contributed by atoms with Gasteiger partial charge in [0.25, 0.3) is 5.56 Å². The van der Waals surface area contributed by atoms with Gasteiger partial charge in [-0.25, -0.2) is 15.0 Å². The van der Waals surface area contributed by atoms with Gasteiger partial charge in [0, 0.05) is 49.2 Å². The molecule has 1 atom stereocenters. The number of hydrogen-bond acceptors (Lipinski definition) is 6. The van der Waals surface area contributed by atoms with Crippen molar-refractivity contribution in [3.05, 3.63) is 65.2 Å². The first kappa shape index (κ1) is 15.4. The Balaban J connectivity index is 1.58. The highest BCUT2D eigenvalue weighted by atomic mass is 16.1. The lowest BCUT2D eigenvalue weighted by atomic mass is 9.95. The number of hydrogen-bond donors (Lipinski definition) is 1. The van der Waals surface area contributed by atoms with Crippen molar-refractivity contribution in [2.75, 3.05) is 18.0 Å². The molecule has 1 fully saturated rings. The van der Waals surface area contributed by atoms with Crippen molar-refractivity contribution in [1.29, 1.82) is 0 Å². The molecule has 126 valence electrons. The highest BCUT2D eigenvalue weighted by molar-refractivity contribution is 5.58. The number of aromatic amines is 1. The van der Waals surface area contributed by atoms with Gasteiger partial charge in [-0.15, -0.1) is 0 Å². The van der Waals surface area contributed by atoms with Gasteiger partial charge in [0.05, 0.1) is 17.7 Å². The molecule has 0 radical (unpaired) electrons. The summed E-state index contributed by atoms with van der Waals surface area (Å²) in [5.74, 6) is 0.914. The minimum absolute atomic E-state index is 0.114. The largest absolute Gasteiger partial charge is 0.340 e. The Hall–Kier alpha value is -3.09. The SMILES string of the molecule is O=c1cc([C@@H]2CCCN(c3nccc(-c4cccnc4)n3)C2)nc[nH]1. The fourth-order valence-electron chi connectivity index (χ4n) is 3.18. The van der Waals surface area contributed by atoms with Crippen LogP contribution in [0.4, 0.5) is 5.95 Å². The van der Waals surface area contributed by atoms with Crippen LogP contribution in [0.3, 0.4) is 0 Å². The predicted molar refractivity (Wildman–Crippen MR) is 94.3 cm³/mol. The molecule has 4 rings (SSSR count). The second kappa shape index (κ2) is 6.80. The molecular formula is C18H18N6O. The van der Waals surface area contributed by atoms with E-state index in [4.69, 9.17) is 4.98 Å². The molecule has 1 aliphatic heterocycles. The van der Waals surface area contributed by atoms with Crippen molar-refractivity contribution >= 4 is 5.95 Å². The van der Waals surface area contributed by atoms with Crippen LogP contribution in [0.1, 0.15) is 24.5 Å². The lowest BCUT2D eigenvalue weighted by Crippen LogP contribution is -2.36. The minimum atomic E-state index is -0.114. The van der Waals surface area contributed by atoms with Crippen molar-refractivity contribution in [2.45, 2.75) is 18.8 Å². The summed E-state index contributed by atoms with van der Waals surface area (Å²) in [6, 6.07) is 7.35. The first-order valence-electron chi connectivity index (χ1n) is 8.32. The zero-order valence-electron chi connectivity index (χ0n) is 13.7. The Morgan fingerprint density at radius 2 is 2.16 bits per heavy atom. The summed E-state index contributed by atoms with van der Waals surface area (Å²) < 4.78 is 0. The summed E-state index contributed by atoms with van der Waals surface area (Å²) in [4.78, 5) is 33.9. The van der Waals surface area contributed by atoms with Crippen molar-refractivity contribution in [1.82, 2.24) is 24.9 Å². The monoisotopic (exact) mass is 334 g/mol. The molecule has 1 N–H and O–H groups in total. The number of nitrogens with one attached hydrogen (secondary N) is 1. The number of aromatic nitrogens is 5. The van der Waals surface area contributed by atoms with Crippen molar-refractivity contribution < 1.29 is 0 Å². The highest BCUT2D eigenvalue weighted by Gasteiger charge is 2.24. The van der Waals surface area contributed by atoms with Gasteiger partial charge in [0.2, 0.25) is 5.95 Å². The van der Waals surface area contributed by atoms with E-state index in [2.05, 4.69) is 24.8 Å². The van der Waals surface area contributed by atoms with Gasteiger partial charge in [-0.2, -0.15) is 0 Å². The molecule has 7 heteroatoms. The molecule has 0 saturated carbocycles. The van der Waals surface area contributed by atoms with Gasteiger partial charge in [-0.05, 0) is 31.0 Å². The van der Waals surface area contributed by atoms with Crippen LogP contribution in [-0.2, 0) is 0 Å². The molecule has 0 aromatic carbocycles. The molecule has 3 aromatic rings. The van der Waals surface area contributed by atoms with Crippen LogP contribution in [-0.4, -0.2) is 38.0 Å². The third kappa shape index (κ3) is 3.40. The van der Waals surface area contributed by atoms with E-state index in [1.807, 2.05) is 18.2 Å². The van der Waals surface area contributed by atoms with Crippen LogP contribution < -0.4 is 10.5 Å². The molecule has 7 nitrogen and oxygen atoms in total. The standard InChI is InChI=1S/C18H18N6O/c25-17-9-16(21-12-22-17)14-4-2-8-24(11-14)18-20-7-5-15(23-18)13-3-1-6-19-10-13/h1,3,5-7,9-10,12,14H,2,4,8,11H2,(H,21,22,25)/t14-/m1/s1. The summed E-state index contributed by atoms with van der Waals surface area (Å²) in [5, 5.41) is 0. The molecule has 0 aliphatic carbocycles. The highest BCUT2D eigenvalue weighted by Crippen LogP contribution is 2.27. The average Bonchev–Trinajstić information content (AvgIpc) is 2.69. The molecule has 1 aliphatic rings. The molecule has 0 spiro atoms. The number of anilines is 1. The minimum Gasteiger partial charge on any atom is -0.340 e. The third-order valence-corrected chi connectivity index (χ3v) is 4.42. The smallest absolute Gasteiger partial charge is 0.250 e. The number of pyridine rings is 1. The van der Waals surface area contributed by atoms with E-state index in [0.29, 0.717) is 5.95 Å². The molecule has 0 bridgehead atoms. The number of H-pyrrole nitrogens is 1. The summed E-state index contributed by atoms with van der Waals surface area (Å²) in [6.45, 7) is 1.66. The fourth-order valence-corrected chi connectivity index (χ4v) is 3.18. The number of rotatable bonds is 3. The molecule has 4 heterocycles. The Bertz CT molecular complexity index is 910. The predicted octanol–water partition coefficient (Wildman–Crippen LogP) is 2.01.